The molecule has 1 aliphatic heterocycles. The van der Waals surface area contributed by atoms with Crippen molar-refractivity contribution in [2.24, 2.45) is 5.16 Å². The number of thiazole rings is 1. The van der Waals surface area contributed by atoms with Gasteiger partial charge in [0.05, 0.1) is 5.01 Å². The van der Waals surface area contributed by atoms with Gasteiger partial charge in [-0.1, -0.05) is 35.5 Å². The summed E-state index contributed by atoms with van der Waals surface area (Å²) in [5.74, 6) is -0.0984. The fourth-order valence-corrected chi connectivity index (χ4v) is 4.83. The molecule has 3 heterocycles. The van der Waals surface area contributed by atoms with E-state index in [2.05, 4.69) is 15.2 Å². The van der Waals surface area contributed by atoms with Crippen LogP contribution in [-0.2, 0) is 17.5 Å². The second-order valence-corrected chi connectivity index (χ2v) is 8.76. The van der Waals surface area contributed by atoms with Crippen LogP contribution in [0.2, 0.25) is 0 Å². The molecule has 1 fully saturated rings. The van der Waals surface area contributed by atoms with Gasteiger partial charge in [-0.2, -0.15) is 18.3 Å². The Kier molecular flexibility index (Phi) is 6.50. The molecule has 1 N–H and O–H groups in total. The monoisotopic (exact) mass is 477 g/mol. The third kappa shape index (κ3) is 5.08. The number of carbonyl (C=O) groups is 1. The van der Waals surface area contributed by atoms with Crippen molar-refractivity contribution in [1.29, 1.82) is 0 Å². The van der Waals surface area contributed by atoms with Gasteiger partial charge in [-0.15, -0.1) is 11.3 Å². The van der Waals surface area contributed by atoms with Crippen LogP contribution >= 0.6 is 11.3 Å². The smallest absolute Gasteiger partial charge is 0.410 e. The number of rotatable bonds is 5. The molecule has 33 heavy (non-hydrogen) atoms. The summed E-state index contributed by atoms with van der Waals surface area (Å²) >= 11 is 1.49. The van der Waals surface area contributed by atoms with Crippen LogP contribution in [0.5, 0.6) is 0 Å². The van der Waals surface area contributed by atoms with Gasteiger partial charge < -0.3 is 10.1 Å². The van der Waals surface area contributed by atoms with Crippen molar-refractivity contribution in [3.8, 4) is 0 Å². The maximum Gasteiger partial charge on any atom is 0.435 e. The number of hydrogen-bond acceptors (Lipinski definition) is 6. The van der Waals surface area contributed by atoms with Gasteiger partial charge in [0.25, 0.3) is 0 Å². The first-order chi connectivity index (χ1) is 15.8. The van der Waals surface area contributed by atoms with Gasteiger partial charge in [-0.3, -0.25) is 9.48 Å². The third-order valence-corrected chi connectivity index (χ3v) is 6.67. The minimum atomic E-state index is -4.54. The number of likely N-dealkylation sites (tertiary alicyclic amines) is 1. The zero-order valence-electron chi connectivity index (χ0n) is 17.8. The van der Waals surface area contributed by atoms with E-state index in [9.17, 15) is 23.2 Å². The first kappa shape index (κ1) is 23.0. The van der Waals surface area contributed by atoms with Gasteiger partial charge >= 0.3 is 6.18 Å². The maximum absolute atomic E-state index is 12.9. The van der Waals surface area contributed by atoms with Crippen LogP contribution in [-0.4, -0.2) is 49.6 Å². The molecule has 1 saturated heterocycles. The SMILES string of the molecule is Cc1cc(C(F)(F)F)nn1CC(=O)N1CCC(c2nc(C(=NO)c3ccccc3)cs2)CC1. The summed E-state index contributed by atoms with van der Waals surface area (Å²) in [6.45, 7) is 2.26. The van der Waals surface area contributed by atoms with Gasteiger partial charge in [-0.05, 0) is 25.8 Å². The average molecular weight is 478 g/mol. The lowest BCUT2D eigenvalue weighted by Gasteiger charge is -2.31. The van der Waals surface area contributed by atoms with Crippen LogP contribution in [0.3, 0.4) is 0 Å². The molecule has 0 atom stereocenters. The number of oxime groups is 1. The minimum Gasteiger partial charge on any atom is -0.410 e. The molecule has 0 unspecified atom stereocenters. The van der Waals surface area contributed by atoms with Crippen LogP contribution in [0.1, 0.15) is 46.4 Å². The fraction of sp³-hybridized carbons (Fsp3) is 0.364. The molecule has 7 nitrogen and oxygen atoms in total. The van der Waals surface area contributed by atoms with Crippen LogP contribution < -0.4 is 0 Å². The van der Waals surface area contributed by atoms with Gasteiger partial charge in [0, 0.05) is 35.6 Å². The molecule has 174 valence electrons. The predicted octanol–water partition coefficient (Wildman–Crippen LogP) is 4.30. The van der Waals surface area contributed by atoms with Crippen LogP contribution in [0, 0.1) is 6.92 Å². The number of piperidine rings is 1. The highest BCUT2D eigenvalue weighted by Crippen LogP contribution is 2.31. The number of alkyl halides is 3. The number of carbonyl (C=O) groups excluding carboxylic acids is 1. The number of aromatic nitrogens is 3. The summed E-state index contributed by atoms with van der Waals surface area (Å²) in [4.78, 5) is 19.0. The van der Waals surface area contributed by atoms with Gasteiger partial charge in [-0.25, -0.2) is 4.98 Å². The van der Waals surface area contributed by atoms with Crippen LogP contribution in [0.15, 0.2) is 46.9 Å². The lowest BCUT2D eigenvalue weighted by molar-refractivity contribution is -0.142. The Morgan fingerprint density at radius 2 is 1.94 bits per heavy atom. The summed E-state index contributed by atoms with van der Waals surface area (Å²) in [6, 6.07) is 10.2. The van der Waals surface area contributed by atoms with E-state index in [-0.39, 0.29) is 18.4 Å². The molecule has 0 bridgehead atoms. The Bertz CT molecular complexity index is 1150. The Hall–Kier alpha value is -3.21. The molecule has 0 saturated carbocycles. The Balaban J connectivity index is 1.37. The molecular weight excluding hydrogens is 455 g/mol. The molecule has 0 aliphatic carbocycles. The molecule has 0 radical (unpaired) electrons. The molecule has 0 spiro atoms. The zero-order chi connectivity index (χ0) is 23.6. The van der Waals surface area contributed by atoms with Gasteiger partial charge in [0.1, 0.15) is 18.0 Å². The number of benzene rings is 1. The minimum absolute atomic E-state index is 0.159. The maximum atomic E-state index is 12.9. The highest BCUT2D eigenvalue weighted by Gasteiger charge is 2.35. The van der Waals surface area contributed by atoms with Gasteiger partial charge in [0.15, 0.2) is 5.69 Å². The Morgan fingerprint density at radius 1 is 1.24 bits per heavy atom. The van der Waals surface area contributed by atoms with Crippen molar-refractivity contribution in [2.45, 2.75) is 38.4 Å². The van der Waals surface area contributed by atoms with E-state index in [1.807, 2.05) is 35.7 Å². The number of halogens is 3. The first-order valence-corrected chi connectivity index (χ1v) is 11.3. The lowest BCUT2D eigenvalue weighted by Crippen LogP contribution is -2.40. The summed E-state index contributed by atoms with van der Waals surface area (Å²) in [7, 11) is 0. The van der Waals surface area contributed by atoms with Crippen molar-refractivity contribution < 1.29 is 23.2 Å². The number of amides is 1. The van der Waals surface area contributed by atoms with Crippen molar-refractivity contribution >= 4 is 23.0 Å². The highest BCUT2D eigenvalue weighted by atomic mass is 32.1. The largest absolute Gasteiger partial charge is 0.435 e. The zero-order valence-corrected chi connectivity index (χ0v) is 18.6. The van der Waals surface area contributed by atoms with E-state index in [0.29, 0.717) is 43.0 Å². The summed E-state index contributed by atoms with van der Waals surface area (Å²) < 4.78 is 39.7. The van der Waals surface area contributed by atoms with Crippen molar-refractivity contribution in [2.75, 3.05) is 13.1 Å². The summed E-state index contributed by atoms with van der Waals surface area (Å²) in [5.41, 5.74) is 1.06. The van der Waals surface area contributed by atoms with Crippen LogP contribution in [0.4, 0.5) is 13.2 Å². The topological polar surface area (TPSA) is 83.6 Å². The third-order valence-electron chi connectivity index (χ3n) is 5.67. The fourth-order valence-electron chi connectivity index (χ4n) is 3.85. The van der Waals surface area contributed by atoms with E-state index in [1.165, 1.54) is 18.3 Å². The number of aryl methyl sites for hydroxylation is 1. The number of hydrogen-bond donors (Lipinski definition) is 1. The molecule has 4 rings (SSSR count). The van der Waals surface area contributed by atoms with E-state index in [0.717, 1.165) is 21.3 Å². The van der Waals surface area contributed by atoms with E-state index in [4.69, 9.17) is 0 Å². The average Bonchev–Trinajstić information content (AvgIpc) is 3.42. The predicted molar refractivity (Wildman–Crippen MR) is 117 cm³/mol. The second-order valence-electron chi connectivity index (χ2n) is 7.87. The first-order valence-electron chi connectivity index (χ1n) is 10.4. The molecular formula is C22H22F3N5O2S. The van der Waals surface area contributed by atoms with Crippen molar-refractivity contribution in [3.63, 3.8) is 0 Å². The molecule has 1 aromatic carbocycles. The van der Waals surface area contributed by atoms with Crippen molar-refractivity contribution in [1.82, 2.24) is 19.7 Å². The Labute approximate surface area is 192 Å². The quantitative estimate of drug-likeness (QED) is 0.337. The van der Waals surface area contributed by atoms with Crippen molar-refractivity contribution in [3.05, 3.63) is 69.4 Å². The standard InChI is InChI=1S/C22H22F3N5O2S/c1-14-11-18(22(23,24)25)27-30(14)12-19(31)29-9-7-16(8-10-29)21-26-17(13-33-21)20(28-32)15-5-3-2-4-6-15/h2-6,11,13,16,32H,7-10,12H2,1H3. The highest BCUT2D eigenvalue weighted by molar-refractivity contribution is 7.10. The van der Waals surface area contributed by atoms with E-state index < -0.39 is 11.9 Å². The molecule has 1 amide bonds. The van der Waals surface area contributed by atoms with E-state index >= 15 is 0 Å². The van der Waals surface area contributed by atoms with E-state index in [1.54, 1.807) is 4.90 Å². The molecule has 11 heteroatoms. The lowest BCUT2D eigenvalue weighted by atomic mass is 9.97. The molecule has 1 aliphatic rings. The summed E-state index contributed by atoms with van der Waals surface area (Å²) in [5, 5.41) is 19.2. The Morgan fingerprint density at radius 3 is 2.55 bits per heavy atom. The molecule has 2 aromatic heterocycles. The van der Waals surface area contributed by atoms with Gasteiger partial charge in [0.2, 0.25) is 5.91 Å². The molecule has 3 aromatic rings. The van der Waals surface area contributed by atoms with Crippen LogP contribution in [0.25, 0.3) is 0 Å². The normalized spacial score (nSPS) is 15.8. The number of nitrogens with zero attached hydrogens (tertiary/aromatic N) is 5. The summed E-state index contributed by atoms with van der Waals surface area (Å²) in [6.07, 6.45) is -3.14. The second kappa shape index (κ2) is 9.34.